The van der Waals surface area contributed by atoms with Gasteiger partial charge in [0.15, 0.2) is 4.80 Å². The number of nitrogens with zero attached hydrogens (tertiary/aromatic N) is 5. The Bertz CT molecular complexity index is 1950. The van der Waals surface area contributed by atoms with Crippen LogP contribution in [0.2, 0.25) is 0 Å². The molecule has 2 heterocycles. The van der Waals surface area contributed by atoms with Crippen LogP contribution in [-0.4, -0.2) is 37.7 Å². The molecular weight excluding hydrogens is 558 g/mol. The topological polar surface area (TPSA) is 84.0 Å². The van der Waals surface area contributed by atoms with Crippen LogP contribution in [0.25, 0.3) is 12.2 Å². The van der Waals surface area contributed by atoms with Crippen LogP contribution < -0.4 is 24.7 Å². The summed E-state index contributed by atoms with van der Waals surface area (Å²) in [5.74, 6) is 0. The van der Waals surface area contributed by atoms with E-state index in [1.165, 1.54) is 17.4 Å². The van der Waals surface area contributed by atoms with Gasteiger partial charge in [-0.3, -0.25) is 19.5 Å². The van der Waals surface area contributed by atoms with Crippen molar-refractivity contribution in [3.8, 4) is 0 Å². The van der Waals surface area contributed by atoms with Crippen molar-refractivity contribution in [3.05, 3.63) is 136 Å². The number of allylic oxidation sites excluding steroid dienone is 2. The standard InChI is InChI=1S/C34H33N5O3S/c1-36(2)26-16-12-22(13-17-26)20-25-9-7-10-28-31(25)35-34-38(32(28)23-14-18-27(19-15-23)37(3)4)33(40)30(43-34)21-24-8-5-6-11-29(24)39(41)42/h5-6,8,11-21,32H,7,9-10H2,1-4H3/b25-20+,30-21-. The first kappa shape index (κ1) is 28.4. The van der Waals surface area contributed by atoms with E-state index in [9.17, 15) is 14.9 Å². The highest BCUT2D eigenvalue weighted by Gasteiger charge is 2.32. The van der Waals surface area contributed by atoms with Crippen LogP contribution in [0.1, 0.15) is 42.0 Å². The third-order valence-corrected chi connectivity index (χ3v) is 9.01. The molecule has 1 aliphatic carbocycles. The highest BCUT2D eigenvalue weighted by Crippen LogP contribution is 2.41. The van der Waals surface area contributed by atoms with Crippen molar-refractivity contribution in [2.75, 3.05) is 38.0 Å². The lowest BCUT2D eigenvalue weighted by molar-refractivity contribution is -0.385. The summed E-state index contributed by atoms with van der Waals surface area (Å²) in [6.07, 6.45) is 6.53. The van der Waals surface area contributed by atoms with Crippen molar-refractivity contribution in [1.82, 2.24) is 4.57 Å². The molecule has 218 valence electrons. The summed E-state index contributed by atoms with van der Waals surface area (Å²) in [5.41, 5.74) is 7.75. The predicted octanol–water partition coefficient (Wildman–Crippen LogP) is 5.52. The van der Waals surface area contributed by atoms with Gasteiger partial charge in [0.1, 0.15) is 0 Å². The monoisotopic (exact) mass is 591 g/mol. The SMILES string of the molecule is CN(C)c1ccc(/C=C2\CCCC3=C2N=c2s/c(=C\c4ccccc4[N+](=O)[O-])c(=O)n2C3c2ccc(N(C)C)cc2)cc1. The molecule has 0 saturated carbocycles. The molecule has 0 saturated heterocycles. The normalized spacial score (nSPS) is 17.3. The smallest absolute Gasteiger partial charge is 0.276 e. The van der Waals surface area contributed by atoms with Crippen molar-refractivity contribution >= 4 is 40.6 Å². The number of nitro benzene ring substituents is 1. The number of fused-ring (bicyclic) bond motifs is 1. The third kappa shape index (κ3) is 5.44. The summed E-state index contributed by atoms with van der Waals surface area (Å²) in [6.45, 7) is 0. The first-order valence-corrected chi connectivity index (χ1v) is 15.1. The zero-order valence-corrected chi connectivity index (χ0v) is 25.5. The maximum Gasteiger partial charge on any atom is 0.276 e. The van der Waals surface area contributed by atoms with Crippen molar-refractivity contribution in [2.24, 2.45) is 4.99 Å². The molecule has 1 unspecified atom stereocenters. The zero-order chi connectivity index (χ0) is 30.2. The van der Waals surface area contributed by atoms with Crippen molar-refractivity contribution in [1.29, 1.82) is 0 Å². The van der Waals surface area contributed by atoms with Gasteiger partial charge in [-0.25, -0.2) is 4.99 Å². The molecule has 0 fully saturated rings. The average molecular weight is 592 g/mol. The maximum absolute atomic E-state index is 14.1. The Kier molecular flexibility index (Phi) is 7.58. The number of rotatable bonds is 6. The third-order valence-electron chi connectivity index (χ3n) is 8.03. The quantitative estimate of drug-likeness (QED) is 0.218. The highest BCUT2D eigenvalue weighted by atomic mass is 32.1. The fraction of sp³-hybridized carbons (Fsp3) is 0.235. The molecule has 0 bridgehead atoms. The molecule has 4 aromatic rings. The molecule has 9 heteroatoms. The summed E-state index contributed by atoms with van der Waals surface area (Å²) in [5, 5.41) is 11.7. The Hall–Kier alpha value is -4.76. The van der Waals surface area contributed by atoms with E-state index >= 15 is 0 Å². The van der Waals surface area contributed by atoms with Gasteiger partial charge in [-0.2, -0.15) is 0 Å². The van der Waals surface area contributed by atoms with Gasteiger partial charge in [0.25, 0.3) is 11.2 Å². The molecule has 1 aromatic heterocycles. The first-order chi connectivity index (χ1) is 20.7. The first-order valence-electron chi connectivity index (χ1n) is 14.2. The minimum atomic E-state index is -0.418. The van der Waals surface area contributed by atoms with Crippen LogP contribution in [0, 0.1) is 10.1 Å². The molecular formula is C34H33N5O3S. The second-order valence-electron chi connectivity index (χ2n) is 11.3. The van der Waals surface area contributed by atoms with Gasteiger partial charge in [-0.05, 0) is 84.0 Å². The van der Waals surface area contributed by atoms with Crippen molar-refractivity contribution in [2.45, 2.75) is 25.3 Å². The van der Waals surface area contributed by atoms with Crippen LogP contribution in [0.15, 0.2) is 99.4 Å². The Morgan fingerprint density at radius 3 is 2.21 bits per heavy atom. The molecule has 8 nitrogen and oxygen atoms in total. The van der Waals surface area contributed by atoms with E-state index < -0.39 is 4.92 Å². The van der Waals surface area contributed by atoms with Gasteiger partial charge in [0.2, 0.25) is 0 Å². The van der Waals surface area contributed by atoms with Gasteiger partial charge in [-0.1, -0.05) is 47.7 Å². The predicted molar refractivity (Wildman–Crippen MR) is 175 cm³/mol. The van der Waals surface area contributed by atoms with Crippen molar-refractivity contribution in [3.63, 3.8) is 0 Å². The van der Waals surface area contributed by atoms with Crippen LogP contribution in [-0.2, 0) is 0 Å². The summed E-state index contributed by atoms with van der Waals surface area (Å²) in [6, 6.07) is 23.0. The van der Waals surface area contributed by atoms with Gasteiger partial charge in [0, 0.05) is 45.6 Å². The molecule has 6 rings (SSSR count). The highest BCUT2D eigenvalue weighted by molar-refractivity contribution is 7.07. The van der Waals surface area contributed by atoms with Crippen LogP contribution in [0.5, 0.6) is 0 Å². The van der Waals surface area contributed by atoms with E-state index in [2.05, 4.69) is 64.4 Å². The largest absolute Gasteiger partial charge is 0.378 e. The number of aromatic nitrogens is 1. The zero-order valence-electron chi connectivity index (χ0n) is 24.7. The molecule has 0 amide bonds. The number of hydrogen-bond acceptors (Lipinski definition) is 7. The molecule has 1 aliphatic heterocycles. The molecule has 0 radical (unpaired) electrons. The molecule has 0 spiro atoms. The lowest BCUT2D eigenvalue weighted by Gasteiger charge is -2.31. The molecule has 3 aromatic carbocycles. The fourth-order valence-electron chi connectivity index (χ4n) is 5.80. The Morgan fingerprint density at radius 2 is 1.56 bits per heavy atom. The maximum atomic E-state index is 14.1. The summed E-state index contributed by atoms with van der Waals surface area (Å²) in [4.78, 5) is 35.2. The number of thiazole rings is 1. The lowest BCUT2D eigenvalue weighted by Crippen LogP contribution is -2.39. The summed E-state index contributed by atoms with van der Waals surface area (Å²) < 4.78 is 2.21. The minimum absolute atomic E-state index is 0.0334. The number of benzene rings is 3. The summed E-state index contributed by atoms with van der Waals surface area (Å²) in [7, 11) is 8.07. The van der Waals surface area contributed by atoms with Gasteiger partial charge >= 0.3 is 0 Å². The lowest BCUT2D eigenvalue weighted by atomic mass is 9.83. The number of hydrogen-bond donors (Lipinski definition) is 0. The van der Waals surface area contributed by atoms with E-state index in [4.69, 9.17) is 4.99 Å². The number of anilines is 2. The fourth-order valence-corrected chi connectivity index (χ4v) is 6.79. The van der Waals surface area contributed by atoms with Gasteiger partial charge < -0.3 is 9.80 Å². The van der Waals surface area contributed by atoms with E-state index in [1.54, 1.807) is 28.8 Å². The van der Waals surface area contributed by atoms with E-state index in [0.717, 1.165) is 58.6 Å². The Labute approximate surface area is 254 Å². The molecule has 2 aliphatic rings. The number of nitro groups is 1. The molecule has 43 heavy (non-hydrogen) atoms. The summed E-state index contributed by atoms with van der Waals surface area (Å²) >= 11 is 1.28. The molecule has 0 N–H and O–H groups in total. The second-order valence-corrected chi connectivity index (χ2v) is 12.3. The van der Waals surface area contributed by atoms with E-state index in [-0.39, 0.29) is 17.3 Å². The number of para-hydroxylation sites is 1. The Balaban J connectivity index is 1.55. The van der Waals surface area contributed by atoms with Gasteiger partial charge in [-0.15, -0.1) is 0 Å². The van der Waals surface area contributed by atoms with E-state index in [0.29, 0.717) is 14.9 Å². The van der Waals surface area contributed by atoms with Crippen LogP contribution >= 0.6 is 11.3 Å². The van der Waals surface area contributed by atoms with Crippen molar-refractivity contribution < 1.29 is 4.92 Å². The van der Waals surface area contributed by atoms with Crippen LogP contribution in [0.3, 0.4) is 0 Å². The average Bonchev–Trinajstić information content (AvgIpc) is 3.31. The van der Waals surface area contributed by atoms with Gasteiger partial charge in [0.05, 0.1) is 26.8 Å². The Morgan fingerprint density at radius 1 is 0.907 bits per heavy atom. The molecule has 1 atom stereocenters. The van der Waals surface area contributed by atoms with E-state index in [1.807, 2.05) is 28.2 Å². The minimum Gasteiger partial charge on any atom is -0.378 e. The second kappa shape index (κ2) is 11.5. The van der Waals surface area contributed by atoms with Crippen LogP contribution in [0.4, 0.5) is 17.1 Å².